The van der Waals surface area contributed by atoms with E-state index in [-0.39, 0.29) is 0 Å². The first-order valence-corrected chi connectivity index (χ1v) is 6.18. The second-order valence-corrected chi connectivity index (χ2v) is 4.28. The summed E-state index contributed by atoms with van der Waals surface area (Å²) in [6.45, 7) is 7.29. The van der Waals surface area contributed by atoms with Crippen molar-refractivity contribution in [1.82, 2.24) is 5.32 Å². The molecule has 1 unspecified atom stereocenters. The van der Waals surface area contributed by atoms with Crippen LogP contribution in [0.25, 0.3) is 0 Å². The molecule has 0 aliphatic carbocycles. The van der Waals surface area contributed by atoms with Gasteiger partial charge in [0.25, 0.3) is 0 Å². The average Bonchev–Trinajstić information content (AvgIpc) is 2.34. The largest absolute Gasteiger partial charge is 0.496 e. The zero-order valence-electron chi connectivity index (χ0n) is 11.3. The molecule has 1 N–H and O–H groups in total. The van der Waals surface area contributed by atoms with E-state index < -0.39 is 0 Å². The second kappa shape index (κ2) is 7.13. The Balaban J connectivity index is 2.64. The minimum atomic E-state index is 0.316. The summed E-state index contributed by atoms with van der Waals surface area (Å²) in [5.41, 5.74) is 2.45. The Morgan fingerprint density at radius 1 is 1.41 bits per heavy atom. The molecule has 1 rings (SSSR count). The molecule has 0 saturated carbocycles. The Morgan fingerprint density at radius 2 is 2.18 bits per heavy atom. The van der Waals surface area contributed by atoms with Gasteiger partial charge in [-0.15, -0.1) is 0 Å². The van der Waals surface area contributed by atoms with Crippen molar-refractivity contribution in [3.8, 4) is 5.75 Å². The smallest absolute Gasteiger partial charge is 0.123 e. The summed E-state index contributed by atoms with van der Waals surface area (Å²) in [5, 5.41) is 3.50. The predicted molar refractivity (Wildman–Crippen MR) is 73.6 cm³/mol. The minimum Gasteiger partial charge on any atom is -0.496 e. The van der Waals surface area contributed by atoms with Gasteiger partial charge in [0.05, 0.1) is 7.11 Å². The molecule has 17 heavy (non-hydrogen) atoms. The van der Waals surface area contributed by atoms with Gasteiger partial charge in [0.1, 0.15) is 5.75 Å². The van der Waals surface area contributed by atoms with Gasteiger partial charge in [0, 0.05) is 11.6 Å². The van der Waals surface area contributed by atoms with Crippen LogP contribution in [-0.2, 0) is 0 Å². The summed E-state index contributed by atoms with van der Waals surface area (Å²) in [7, 11) is 1.73. The van der Waals surface area contributed by atoms with Crippen LogP contribution in [-0.4, -0.2) is 13.7 Å². The van der Waals surface area contributed by atoms with E-state index in [1.165, 1.54) is 11.1 Å². The summed E-state index contributed by atoms with van der Waals surface area (Å²) >= 11 is 0. The highest BCUT2D eigenvalue weighted by Crippen LogP contribution is 2.25. The van der Waals surface area contributed by atoms with Crippen LogP contribution in [0.5, 0.6) is 5.75 Å². The molecule has 2 heteroatoms. The van der Waals surface area contributed by atoms with Gasteiger partial charge in [-0.1, -0.05) is 24.3 Å². The zero-order valence-corrected chi connectivity index (χ0v) is 11.3. The number of nitrogens with one attached hydrogen (secondary N) is 1. The maximum absolute atomic E-state index is 5.42. The Morgan fingerprint density at radius 3 is 2.82 bits per heavy atom. The van der Waals surface area contributed by atoms with Gasteiger partial charge < -0.3 is 10.1 Å². The SMILES string of the molecule is C/C=C/CCNC(C)c1ccc(C)cc1OC. The first-order chi connectivity index (χ1) is 8.19. The van der Waals surface area contributed by atoms with E-state index in [2.05, 4.69) is 49.5 Å². The monoisotopic (exact) mass is 233 g/mol. The van der Waals surface area contributed by atoms with Gasteiger partial charge in [0.2, 0.25) is 0 Å². The fourth-order valence-electron chi connectivity index (χ4n) is 1.84. The Kier molecular flexibility index (Phi) is 5.78. The van der Waals surface area contributed by atoms with Crippen LogP contribution in [0.3, 0.4) is 0 Å². The molecular formula is C15H23NO. The fourth-order valence-corrected chi connectivity index (χ4v) is 1.84. The van der Waals surface area contributed by atoms with Crippen molar-refractivity contribution in [1.29, 1.82) is 0 Å². The third kappa shape index (κ3) is 4.23. The van der Waals surface area contributed by atoms with E-state index in [9.17, 15) is 0 Å². The number of aryl methyl sites for hydroxylation is 1. The Bertz CT molecular complexity index is 371. The number of hydrogen-bond acceptors (Lipinski definition) is 2. The van der Waals surface area contributed by atoms with Crippen molar-refractivity contribution < 1.29 is 4.74 Å². The van der Waals surface area contributed by atoms with Crippen LogP contribution in [0, 0.1) is 6.92 Å². The molecule has 0 bridgehead atoms. The van der Waals surface area contributed by atoms with Gasteiger partial charge in [-0.05, 0) is 45.4 Å². The van der Waals surface area contributed by atoms with E-state index >= 15 is 0 Å². The van der Waals surface area contributed by atoms with E-state index in [0.29, 0.717) is 6.04 Å². The van der Waals surface area contributed by atoms with Crippen LogP contribution in [0.1, 0.15) is 37.4 Å². The quantitative estimate of drug-likeness (QED) is 0.598. The van der Waals surface area contributed by atoms with Crippen molar-refractivity contribution >= 4 is 0 Å². The summed E-state index contributed by atoms with van der Waals surface area (Å²) < 4.78 is 5.42. The first-order valence-electron chi connectivity index (χ1n) is 6.18. The van der Waals surface area contributed by atoms with Gasteiger partial charge in [0.15, 0.2) is 0 Å². The molecule has 1 aromatic carbocycles. The van der Waals surface area contributed by atoms with E-state index in [0.717, 1.165) is 18.7 Å². The lowest BCUT2D eigenvalue weighted by Gasteiger charge is -2.17. The van der Waals surface area contributed by atoms with Crippen molar-refractivity contribution in [3.63, 3.8) is 0 Å². The zero-order chi connectivity index (χ0) is 12.7. The molecule has 0 aliphatic rings. The van der Waals surface area contributed by atoms with E-state index in [4.69, 9.17) is 4.74 Å². The van der Waals surface area contributed by atoms with Crippen LogP contribution >= 0.6 is 0 Å². The standard InChI is InChI=1S/C15H23NO/c1-5-6-7-10-16-13(3)14-9-8-12(2)11-15(14)17-4/h5-6,8-9,11,13,16H,7,10H2,1-4H3/b6-5+. The van der Waals surface area contributed by atoms with Crippen LogP contribution in [0.4, 0.5) is 0 Å². The van der Waals surface area contributed by atoms with Gasteiger partial charge in [-0.25, -0.2) is 0 Å². The van der Waals surface area contributed by atoms with Gasteiger partial charge in [-0.2, -0.15) is 0 Å². The highest BCUT2D eigenvalue weighted by atomic mass is 16.5. The van der Waals surface area contributed by atoms with E-state index in [1.807, 2.05) is 6.92 Å². The Labute approximate surface area is 105 Å². The summed E-state index contributed by atoms with van der Waals surface area (Å²) in [5.74, 6) is 0.969. The molecule has 1 aromatic rings. The number of allylic oxidation sites excluding steroid dienone is 1. The molecule has 0 saturated heterocycles. The molecule has 0 heterocycles. The average molecular weight is 233 g/mol. The highest BCUT2D eigenvalue weighted by molar-refractivity contribution is 5.38. The number of methoxy groups -OCH3 is 1. The van der Waals surface area contributed by atoms with Gasteiger partial charge >= 0.3 is 0 Å². The minimum absolute atomic E-state index is 0.316. The number of ether oxygens (including phenoxy) is 1. The van der Waals surface area contributed by atoms with Crippen molar-refractivity contribution in [2.75, 3.05) is 13.7 Å². The number of benzene rings is 1. The van der Waals surface area contributed by atoms with Crippen molar-refractivity contribution in [3.05, 3.63) is 41.5 Å². The third-order valence-corrected chi connectivity index (χ3v) is 2.85. The van der Waals surface area contributed by atoms with Crippen molar-refractivity contribution in [2.24, 2.45) is 0 Å². The second-order valence-electron chi connectivity index (χ2n) is 4.28. The molecule has 0 aromatic heterocycles. The lowest BCUT2D eigenvalue weighted by molar-refractivity contribution is 0.401. The summed E-state index contributed by atoms with van der Waals surface area (Å²) in [6.07, 6.45) is 5.32. The maximum Gasteiger partial charge on any atom is 0.123 e. The molecule has 0 aliphatic heterocycles. The highest BCUT2D eigenvalue weighted by Gasteiger charge is 2.10. The molecule has 0 spiro atoms. The first kappa shape index (κ1) is 13.8. The fraction of sp³-hybridized carbons (Fsp3) is 0.467. The molecule has 0 fully saturated rings. The van der Waals surface area contributed by atoms with Gasteiger partial charge in [-0.3, -0.25) is 0 Å². The lowest BCUT2D eigenvalue weighted by Crippen LogP contribution is -2.20. The Hall–Kier alpha value is -1.28. The van der Waals surface area contributed by atoms with Crippen LogP contribution in [0.15, 0.2) is 30.4 Å². The summed E-state index contributed by atoms with van der Waals surface area (Å²) in [6, 6.07) is 6.67. The van der Waals surface area contributed by atoms with Crippen LogP contribution in [0.2, 0.25) is 0 Å². The molecule has 0 amide bonds. The molecule has 0 radical (unpaired) electrons. The lowest BCUT2D eigenvalue weighted by atomic mass is 10.0. The normalized spacial score (nSPS) is 12.9. The maximum atomic E-state index is 5.42. The number of hydrogen-bond donors (Lipinski definition) is 1. The molecular weight excluding hydrogens is 210 g/mol. The molecule has 94 valence electrons. The predicted octanol–water partition coefficient (Wildman–Crippen LogP) is 3.62. The summed E-state index contributed by atoms with van der Waals surface area (Å²) in [4.78, 5) is 0. The van der Waals surface area contributed by atoms with E-state index in [1.54, 1.807) is 7.11 Å². The van der Waals surface area contributed by atoms with Crippen molar-refractivity contribution in [2.45, 2.75) is 33.2 Å². The van der Waals surface area contributed by atoms with Crippen LogP contribution < -0.4 is 10.1 Å². The molecule has 1 atom stereocenters. The number of rotatable bonds is 6. The topological polar surface area (TPSA) is 21.3 Å². The molecule has 2 nitrogen and oxygen atoms in total. The third-order valence-electron chi connectivity index (χ3n) is 2.85.